The Hall–Kier alpha value is -3.32. The monoisotopic (exact) mass is 435 g/mol. The highest BCUT2D eigenvalue weighted by Crippen LogP contribution is 2.30. The van der Waals surface area contributed by atoms with E-state index < -0.39 is 0 Å². The van der Waals surface area contributed by atoms with Crippen molar-refractivity contribution in [2.75, 3.05) is 0 Å². The fraction of sp³-hybridized carbons (Fsp3) is 0.208. The second-order valence-corrected chi connectivity index (χ2v) is 8.39. The molecule has 0 fully saturated rings. The summed E-state index contributed by atoms with van der Waals surface area (Å²) in [7, 11) is 0. The molecule has 1 N–H and O–H groups in total. The van der Waals surface area contributed by atoms with Crippen molar-refractivity contribution in [3.05, 3.63) is 87.5 Å². The largest absolute Gasteiger partial charge is 0.350 e. The molecule has 0 radical (unpaired) electrons. The number of fused-ring (bicyclic) bond motifs is 1. The van der Waals surface area contributed by atoms with Gasteiger partial charge >= 0.3 is 0 Å². The summed E-state index contributed by atoms with van der Waals surface area (Å²) in [5, 5.41) is 5.41. The van der Waals surface area contributed by atoms with Gasteiger partial charge in [-0.2, -0.15) is 0 Å². The maximum absolute atomic E-state index is 13.1. The molecule has 2 aromatic carbocycles. The molecule has 2 aromatic heterocycles. The van der Waals surface area contributed by atoms with E-state index in [4.69, 9.17) is 0 Å². The zero-order valence-corrected chi connectivity index (χ0v) is 18.1. The Bertz CT molecular complexity index is 1280. The van der Waals surface area contributed by atoms with Crippen molar-refractivity contribution in [1.82, 2.24) is 14.9 Å². The Labute approximate surface area is 183 Å². The van der Waals surface area contributed by atoms with Gasteiger partial charge in [-0.1, -0.05) is 42.0 Å². The van der Waals surface area contributed by atoms with Gasteiger partial charge in [-0.15, -0.1) is 11.3 Å². The molecule has 4 rings (SSSR count). The molecule has 158 valence electrons. The average Bonchev–Trinajstić information content (AvgIpc) is 3.19. The van der Waals surface area contributed by atoms with Crippen LogP contribution in [0.5, 0.6) is 0 Å². The number of amides is 1. The number of hydrogen-bond acceptors (Lipinski definition) is 4. The van der Waals surface area contributed by atoms with Gasteiger partial charge in [0.1, 0.15) is 10.6 Å². The molecule has 1 amide bonds. The quantitative estimate of drug-likeness (QED) is 0.471. The number of aromatic nitrogens is 2. The highest BCUT2D eigenvalue weighted by atomic mass is 32.1. The molecule has 0 aliphatic heterocycles. The summed E-state index contributed by atoms with van der Waals surface area (Å²) in [4.78, 5) is 30.6. The van der Waals surface area contributed by atoms with Gasteiger partial charge in [-0.05, 0) is 37.1 Å². The van der Waals surface area contributed by atoms with Crippen LogP contribution in [0.3, 0.4) is 0 Å². The van der Waals surface area contributed by atoms with Crippen LogP contribution in [0.4, 0.5) is 4.39 Å². The second-order valence-electron chi connectivity index (χ2n) is 7.53. The summed E-state index contributed by atoms with van der Waals surface area (Å²) < 4.78 is 14.6. The number of carbonyl (C=O) groups is 1. The van der Waals surface area contributed by atoms with Crippen LogP contribution in [0.2, 0.25) is 0 Å². The Morgan fingerprint density at radius 3 is 2.58 bits per heavy atom. The third-order valence-electron chi connectivity index (χ3n) is 5.25. The molecule has 0 spiro atoms. The molecule has 0 bridgehead atoms. The van der Waals surface area contributed by atoms with Crippen molar-refractivity contribution in [1.29, 1.82) is 0 Å². The summed E-state index contributed by atoms with van der Waals surface area (Å²) in [5.74, 6) is -0.504. The number of benzene rings is 2. The number of nitrogens with one attached hydrogen (secondary N) is 1. The molecule has 0 saturated heterocycles. The first-order valence-electron chi connectivity index (χ1n) is 10.0. The predicted molar refractivity (Wildman–Crippen MR) is 122 cm³/mol. The molecule has 1 unspecified atom stereocenters. The van der Waals surface area contributed by atoms with Crippen LogP contribution in [-0.4, -0.2) is 15.5 Å². The highest BCUT2D eigenvalue weighted by Gasteiger charge is 2.15. The maximum Gasteiger partial charge on any atom is 0.262 e. The van der Waals surface area contributed by atoms with E-state index in [0.717, 1.165) is 22.3 Å². The third-order valence-corrected chi connectivity index (χ3v) is 6.14. The van der Waals surface area contributed by atoms with E-state index in [-0.39, 0.29) is 36.3 Å². The fourth-order valence-electron chi connectivity index (χ4n) is 3.44. The molecule has 0 saturated carbocycles. The van der Waals surface area contributed by atoms with Crippen molar-refractivity contribution in [2.24, 2.45) is 0 Å². The van der Waals surface area contributed by atoms with Gasteiger partial charge in [0.15, 0.2) is 0 Å². The topological polar surface area (TPSA) is 64.0 Å². The van der Waals surface area contributed by atoms with Gasteiger partial charge < -0.3 is 5.32 Å². The lowest BCUT2D eigenvalue weighted by Crippen LogP contribution is -2.29. The van der Waals surface area contributed by atoms with E-state index in [2.05, 4.69) is 10.3 Å². The molecule has 5 nitrogen and oxygen atoms in total. The summed E-state index contributed by atoms with van der Waals surface area (Å²) in [6.07, 6.45) is 1.64. The molecule has 31 heavy (non-hydrogen) atoms. The van der Waals surface area contributed by atoms with Gasteiger partial charge in [0, 0.05) is 23.9 Å². The molecular formula is C24H22FN3O2S. The third kappa shape index (κ3) is 4.56. The number of halogens is 1. The Kier molecular flexibility index (Phi) is 5.95. The van der Waals surface area contributed by atoms with Crippen molar-refractivity contribution >= 4 is 27.5 Å². The van der Waals surface area contributed by atoms with Crippen LogP contribution < -0.4 is 10.9 Å². The fourth-order valence-corrected chi connectivity index (χ4v) is 4.35. The molecule has 2 heterocycles. The second kappa shape index (κ2) is 8.81. The lowest BCUT2D eigenvalue weighted by molar-refractivity contribution is -0.121. The summed E-state index contributed by atoms with van der Waals surface area (Å²) in [6, 6.07) is 13.8. The minimum atomic E-state index is -0.317. The van der Waals surface area contributed by atoms with Crippen LogP contribution in [0.25, 0.3) is 21.3 Å². The van der Waals surface area contributed by atoms with Gasteiger partial charge in [0.2, 0.25) is 5.91 Å². The highest BCUT2D eigenvalue weighted by molar-refractivity contribution is 7.17. The van der Waals surface area contributed by atoms with Crippen molar-refractivity contribution in [3.63, 3.8) is 0 Å². The number of rotatable bonds is 6. The van der Waals surface area contributed by atoms with Crippen molar-refractivity contribution < 1.29 is 9.18 Å². The zero-order valence-electron chi connectivity index (χ0n) is 17.3. The summed E-state index contributed by atoms with van der Waals surface area (Å²) in [6.45, 7) is 4.09. The van der Waals surface area contributed by atoms with Crippen LogP contribution in [0, 0.1) is 12.7 Å². The van der Waals surface area contributed by atoms with E-state index in [0.29, 0.717) is 10.2 Å². The SMILES string of the molecule is Cc1ccc(-c2csc3ncn(CCC(=O)NC(C)c4ccc(F)cc4)c(=O)c23)cc1. The van der Waals surface area contributed by atoms with E-state index in [1.807, 2.05) is 43.5 Å². The zero-order chi connectivity index (χ0) is 22.0. The number of nitrogens with zero attached hydrogens (tertiary/aromatic N) is 2. The molecule has 4 aromatic rings. The number of thiophene rings is 1. The van der Waals surface area contributed by atoms with Crippen LogP contribution >= 0.6 is 11.3 Å². The van der Waals surface area contributed by atoms with Crippen LogP contribution in [-0.2, 0) is 11.3 Å². The maximum atomic E-state index is 13.1. The lowest BCUT2D eigenvalue weighted by atomic mass is 10.1. The van der Waals surface area contributed by atoms with Crippen molar-refractivity contribution in [3.8, 4) is 11.1 Å². The Morgan fingerprint density at radius 1 is 1.16 bits per heavy atom. The molecular weight excluding hydrogens is 413 g/mol. The van der Waals surface area contributed by atoms with Gasteiger partial charge in [0.25, 0.3) is 5.56 Å². The number of carbonyl (C=O) groups excluding carboxylic acids is 1. The first-order chi connectivity index (χ1) is 14.9. The van der Waals surface area contributed by atoms with E-state index in [1.54, 1.807) is 12.1 Å². The molecule has 0 aliphatic rings. The minimum absolute atomic E-state index is 0.141. The van der Waals surface area contributed by atoms with E-state index >= 15 is 0 Å². The van der Waals surface area contributed by atoms with Crippen molar-refractivity contribution in [2.45, 2.75) is 32.9 Å². The van der Waals surface area contributed by atoms with Gasteiger partial charge in [-0.3, -0.25) is 14.2 Å². The van der Waals surface area contributed by atoms with E-state index in [9.17, 15) is 14.0 Å². The first kappa shape index (κ1) is 20.9. The van der Waals surface area contributed by atoms with Gasteiger partial charge in [0.05, 0.1) is 17.8 Å². The number of hydrogen-bond donors (Lipinski definition) is 1. The van der Waals surface area contributed by atoms with Crippen LogP contribution in [0.1, 0.15) is 30.5 Å². The smallest absolute Gasteiger partial charge is 0.262 e. The Balaban J connectivity index is 1.49. The standard InChI is InChI=1S/C24H22FN3O2S/c1-15-3-5-18(6-4-15)20-13-31-23-22(20)24(30)28(14-26-23)12-11-21(29)27-16(2)17-7-9-19(25)10-8-17/h3-10,13-14,16H,11-12H2,1-2H3,(H,27,29). The predicted octanol–water partition coefficient (Wildman–Crippen LogP) is 4.84. The average molecular weight is 436 g/mol. The van der Waals surface area contributed by atoms with E-state index in [1.165, 1.54) is 34.4 Å². The molecule has 7 heteroatoms. The molecule has 0 aliphatic carbocycles. The normalized spacial score (nSPS) is 12.1. The lowest BCUT2D eigenvalue weighted by Gasteiger charge is -2.14. The first-order valence-corrected chi connectivity index (χ1v) is 10.9. The molecule has 1 atom stereocenters. The Morgan fingerprint density at radius 2 is 1.87 bits per heavy atom. The summed E-state index contributed by atoms with van der Waals surface area (Å²) in [5.41, 5.74) is 3.65. The minimum Gasteiger partial charge on any atom is -0.350 e. The van der Waals surface area contributed by atoms with Gasteiger partial charge in [-0.25, -0.2) is 9.37 Å². The number of aryl methyl sites for hydroxylation is 2. The van der Waals surface area contributed by atoms with Crippen LogP contribution in [0.15, 0.2) is 65.0 Å². The summed E-state index contributed by atoms with van der Waals surface area (Å²) >= 11 is 1.44.